The zero-order chi connectivity index (χ0) is 18.6. The minimum atomic E-state index is -0.665. The molecule has 1 N–H and O–H groups in total. The molecule has 0 fully saturated rings. The van der Waals surface area contributed by atoms with Crippen LogP contribution in [0.5, 0.6) is 0 Å². The van der Waals surface area contributed by atoms with Crippen molar-refractivity contribution in [2.45, 2.75) is 33.3 Å². The van der Waals surface area contributed by atoms with E-state index in [9.17, 15) is 14.9 Å². The Morgan fingerprint density at radius 2 is 2.04 bits per heavy atom. The summed E-state index contributed by atoms with van der Waals surface area (Å²) in [7, 11) is 0. The summed E-state index contributed by atoms with van der Waals surface area (Å²) in [6.07, 6.45) is 0.676. The van der Waals surface area contributed by atoms with E-state index < -0.39 is 16.6 Å². The minimum Gasteiger partial charge on any atom is -0.455 e. The number of hydrogen-bond acceptors (Lipinski definition) is 6. The number of non-ortho nitro benzene ring substituents is 1. The third kappa shape index (κ3) is 5.17. The van der Waals surface area contributed by atoms with Crippen LogP contribution < -0.4 is 5.43 Å². The molecule has 0 radical (unpaired) electrons. The number of nitrogens with zero attached hydrogens (tertiary/aromatic N) is 2. The first-order valence-corrected chi connectivity index (χ1v) is 7.53. The molecule has 1 heterocycles. The van der Waals surface area contributed by atoms with Gasteiger partial charge in [-0.05, 0) is 51.5 Å². The van der Waals surface area contributed by atoms with Crippen molar-refractivity contribution in [2.75, 3.05) is 0 Å². The van der Waals surface area contributed by atoms with Gasteiger partial charge in [-0.15, -0.1) is 0 Å². The fourth-order valence-corrected chi connectivity index (χ4v) is 2.05. The summed E-state index contributed by atoms with van der Waals surface area (Å²) in [5.41, 5.74) is 3.12. The van der Waals surface area contributed by atoms with Gasteiger partial charge >= 0.3 is 6.09 Å². The molecule has 8 heteroatoms. The van der Waals surface area contributed by atoms with Crippen LogP contribution in [0.3, 0.4) is 0 Å². The number of carbonyl (C=O) groups excluding carboxylic acids is 1. The molecule has 25 heavy (non-hydrogen) atoms. The summed E-state index contributed by atoms with van der Waals surface area (Å²) >= 11 is 0. The highest BCUT2D eigenvalue weighted by Crippen LogP contribution is 2.28. The van der Waals surface area contributed by atoms with Crippen LogP contribution in [0.2, 0.25) is 0 Å². The van der Waals surface area contributed by atoms with Crippen molar-refractivity contribution < 1.29 is 18.9 Å². The molecule has 0 aliphatic heterocycles. The van der Waals surface area contributed by atoms with Gasteiger partial charge in [0.2, 0.25) is 0 Å². The Morgan fingerprint density at radius 1 is 1.32 bits per heavy atom. The van der Waals surface area contributed by atoms with Gasteiger partial charge in [0.1, 0.15) is 17.1 Å². The molecule has 0 bridgehead atoms. The van der Waals surface area contributed by atoms with Crippen LogP contribution in [0, 0.1) is 17.0 Å². The minimum absolute atomic E-state index is 0.0242. The highest BCUT2D eigenvalue weighted by molar-refractivity contribution is 5.79. The predicted octanol–water partition coefficient (Wildman–Crippen LogP) is 4.02. The molecule has 8 nitrogen and oxygen atoms in total. The standard InChI is InChI=1S/C17H19N3O5/c1-11-9-12(20(22)23)5-7-14(11)15-8-6-13(24-15)10-18-19-16(21)25-17(2,3)4/h5-10H,1-4H3,(H,19,21)/b18-10+. The molecule has 0 aliphatic rings. The SMILES string of the molecule is Cc1cc([N+](=O)[O-])ccc1-c1ccc(/C=N/NC(=O)OC(C)(C)C)o1. The van der Waals surface area contributed by atoms with Crippen molar-refractivity contribution in [2.24, 2.45) is 5.10 Å². The number of nitro groups is 1. The summed E-state index contributed by atoms with van der Waals surface area (Å²) in [4.78, 5) is 21.8. The second kappa shape index (κ2) is 7.16. The van der Waals surface area contributed by atoms with Gasteiger partial charge in [-0.2, -0.15) is 5.10 Å². The van der Waals surface area contributed by atoms with Crippen molar-refractivity contribution >= 4 is 18.0 Å². The van der Waals surface area contributed by atoms with E-state index in [4.69, 9.17) is 9.15 Å². The molecule has 132 valence electrons. The van der Waals surface area contributed by atoms with Crippen LogP contribution in [-0.4, -0.2) is 22.8 Å². The van der Waals surface area contributed by atoms with Gasteiger partial charge in [-0.3, -0.25) is 10.1 Å². The molecule has 0 unspecified atom stereocenters. The van der Waals surface area contributed by atoms with Gasteiger partial charge < -0.3 is 9.15 Å². The number of nitro benzene ring substituents is 1. The van der Waals surface area contributed by atoms with Crippen LogP contribution in [0.15, 0.2) is 39.9 Å². The van der Waals surface area contributed by atoms with E-state index in [1.165, 1.54) is 18.3 Å². The lowest BCUT2D eigenvalue weighted by atomic mass is 10.1. The Bertz CT molecular complexity index is 818. The molecule has 0 spiro atoms. The van der Waals surface area contributed by atoms with Crippen LogP contribution >= 0.6 is 0 Å². The molecule has 0 aliphatic carbocycles. The van der Waals surface area contributed by atoms with Crippen LogP contribution in [0.25, 0.3) is 11.3 Å². The van der Waals surface area contributed by atoms with E-state index >= 15 is 0 Å². The smallest absolute Gasteiger partial charge is 0.428 e. The molecular weight excluding hydrogens is 326 g/mol. The number of nitrogens with one attached hydrogen (secondary N) is 1. The summed E-state index contributed by atoms with van der Waals surface area (Å²) in [5, 5.41) is 14.5. The number of ether oxygens (including phenoxy) is 1. The van der Waals surface area contributed by atoms with Gasteiger partial charge in [-0.25, -0.2) is 10.2 Å². The fourth-order valence-electron chi connectivity index (χ4n) is 2.05. The Kier molecular flexibility index (Phi) is 5.21. The fraction of sp³-hybridized carbons (Fsp3) is 0.294. The molecule has 0 saturated carbocycles. The maximum atomic E-state index is 11.5. The Labute approximate surface area is 144 Å². The summed E-state index contributed by atoms with van der Waals surface area (Å²) in [6, 6.07) is 7.93. The number of hydrazone groups is 1. The Morgan fingerprint density at radius 3 is 2.64 bits per heavy atom. The number of carbonyl (C=O) groups is 1. The molecule has 0 atom stereocenters. The number of amides is 1. The number of furan rings is 1. The van der Waals surface area contributed by atoms with E-state index in [0.29, 0.717) is 11.5 Å². The molecule has 1 amide bonds. The largest absolute Gasteiger partial charge is 0.455 e. The molecule has 0 saturated heterocycles. The van der Waals surface area contributed by atoms with Crippen molar-refractivity contribution in [3.05, 3.63) is 51.8 Å². The Hall–Kier alpha value is -3.16. The second-order valence-corrected chi connectivity index (χ2v) is 6.33. The van der Waals surface area contributed by atoms with Crippen LogP contribution in [0.1, 0.15) is 32.1 Å². The van der Waals surface area contributed by atoms with Crippen molar-refractivity contribution in [1.82, 2.24) is 5.43 Å². The first-order valence-electron chi connectivity index (χ1n) is 7.53. The zero-order valence-electron chi connectivity index (χ0n) is 14.4. The maximum Gasteiger partial charge on any atom is 0.428 e. The normalized spacial score (nSPS) is 11.5. The average molecular weight is 345 g/mol. The highest BCUT2D eigenvalue weighted by atomic mass is 16.6. The topological polar surface area (TPSA) is 107 Å². The van der Waals surface area contributed by atoms with Crippen molar-refractivity contribution in [1.29, 1.82) is 0 Å². The van der Waals surface area contributed by atoms with Crippen molar-refractivity contribution in [3.63, 3.8) is 0 Å². The van der Waals surface area contributed by atoms with E-state index in [2.05, 4.69) is 10.5 Å². The number of rotatable bonds is 4. The number of hydrogen-bond donors (Lipinski definition) is 1. The lowest BCUT2D eigenvalue weighted by molar-refractivity contribution is -0.384. The van der Waals surface area contributed by atoms with E-state index in [-0.39, 0.29) is 5.69 Å². The monoisotopic (exact) mass is 345 g/mol. The summed E-state index contributed by atoms with van der Waals surface area (Å²) in [6.45, 7) is 7.02. The molecule has 2 aromatic rings. The van der Waals surface area contributed by atoms with Gasteiger partial charge in [0, 0.05) is 17.7 Å². The first-order chi connectivity index (χ1) is 11.7. The first kappa shape index (κ1) is 18.2. The molecule has 1 aromatic carbocycles. The number of benzene rings is 1. The van der Waals surface area contributed by atoms with E-state index in [1.807, 2.05) is 0 Å². The number of aryl methyl sites for hydroxylation is 1. The maximum absolute atomic E-state index is 11.5. The zero-order valence-corrected chi connectivity index (χ0v) is 14.4. The average Bonchev–Trinajstić information content (AvgIpc) is 2.93. The van der Waals surface area contributed by atoms with Gasteiger partial charge in [0.05, 0.1) is 11.1 Å². The summed E-state index contributed by atoms with van der Waals surface area (Å²) < 4.78 is 10.7. The third-order valence-electron chi connectivity index (χ3n) is 3.06. The van der Waals surface area contributed by atoms with Crippen LogP contribution in [-0.2, 0) is 4.74 Å². The third-order valence-corrected chi connectivity index (χ3v) is 3.06. The second-order valence-electron chi connectivity index (χ2n) is 6.33. The van der Waals surface area contributed by atoms with Crippen molar-refractivity contribution in [3.8, 4) is 11.3 Å². The van der Waals surface area contributed by atoms with Crippen LogP contribution in [0.4, 0.5) is 10.5 Å². The highest BCUT2D eigenvalue weighted by Gasteiger charge is 2.15. The Balaban J connectivity index is 2.06. The summed E-state index contributed by atoms with van der Waals surface area (Å²) in [5.74, 6) is 0.968. The van der Waals surface area contributed by atoms with Gasteiger partial charge in [0.25, 0.3) is 5.69 Å². The van der Waals surface area contributed by atoms with Gasteiger partial charge in [0.15, 0.2) is 0 Å². The lowest BCUT2D eigenvalue weighted by Crippen LogP contribution is -2.29. The van der Waals surface area contributed by atoms with E-state index in [1.54, 1.807) is 45.9 Å². The molecular formula is C17H19N3O5. The molecule has 1 aromatic heterocycles. The molecule has 2 rings (SSSR count). The lowest BCUT2D eigenvalue weighted by Gasteiger charge is -2.18. The predicted molar refractivity (Wildman–Crippen MR) is 92.5 cm³/mol. The van der Waals surface area contributed by atoms with E-state index in [0.717, 1.165) is 11.1 Å². The van der Waals surface area contributed by atoms with Gasteiger partial charge in [-0.1, -0.05) is 0 Å². The quantitative estimate of drug-likeness (QED) is 0.511.